The molecule has 0 aromatic heterocycles. The summed E-state index contributed by atoms with van der Waals surface area (Å²) in [6.45, 7) is 37.8. The van der Waals surface area contributed by atoms with Gasteiger partial charge in [-0.1, -0.05) is 104 Å². The van der Waals surface area contributed by atoms with E-state index in [1.807, 2.05) is 62.3 Å². The molecular formula is C33H57O6Ti. The van der Waals surface area contributed by atoms with Crippen LogP contribution in [0.4, 0.5) is 0 Å². The maximum atomic E-state index is 11.5. The average Bonchev–Trinajstić information content (AvgIpc) is 2.64. The number of carbonyl (C=O) groups excluding carboxylic acids is 6. The molecule has 0 rings (SSSR count). The van der Waals surface area contributed by atoms with Gasteiger partial charge in [0.2, 0.25) is 0 Å². The van der Waals surface area contributed by atoms with E-state index < -0.39 is 32.5 Å². The number of hydrogen-bond acceptors (Lipinski definition) is 6. The molecule has 0 N–H and O–H groups in total. The Kier molecular flexibility index (Phi) is 18.7. The second kappa shape index (κ2) is 16.4. The van der Waals surface area contributed by atoms with E-state index in [1.54, 1.807) is 41.5 Å². The van der Waals surface area contributed by atoms with Crippen LogP contribution in [0.25, 0.3) is 0 Å². The number of carbonyl (C=O) groups is 6. The maximum Gasteiger partial charge on any atom is 3.00 e. The van der Waals surface area contributed by atoms with Crippen LogP contribution in [0.1, 0.15) is 123 Å². The molecule has 229 valence electrons. The van der Waals surface area contributed by atoms with Gasteiger partial charge in [0.1, 0.15) is 34.7 Å². The van der Waals surface area contributed by atoms with E-state index in [1.165, 1.54) is 0 Å². The summed E-state index contributed by atoms with van der Waals surface area (Å²) in [5.41, 5.74) is -3.24. The first-order chi connectivity index (χ1) is 16.6. The van der Waals surface area contributed by atoms with Crippen molar-refractivity contribution in [2.75, 3.05) is 0 Å². The zero-order valence-electron chi connectivity index (χ0n) is 28.2. The second-order valence-corrected chi connectivity index (χ2v) is 15.5. The van der Waals surface area contributed by atoms with Crippen molar-refractivity contribution in [1.82, 2.24) is 0 Å². The van der Waals surface area contributed by atoms with Crippen LogP contribution in [0.3, 0.4) is 0 Å². The molecule has 0 aliphatic heterocycles. The molecule has 7 heteroatoms. The van der Waals surface area contributed by atoms with E-state index in [0.29, 0.717) is 0 Å². The van der Waals surface area contributed by atoms with E-state index in [0.717, 1.165) is 0 Å². The van der Waals surface area contributed by atoms with E-state index in [4.69, 9.17) is 0 Å². The molecule has 0 aromatic carbocycles. The third-order valence-corrected chi connectivity index (χ3v) is 5.74. The monoisotopic (exact) mass is 597 g/mol. The van der Waals surface area contributed by atoms with Crippen LogP contribution >= 0.6 is 0 Å². The molecule has 0 saturated heterocycles. The fraction of sp³-hybridized carbons (Fsp3) is 0.727. The Balaban J connectivity index is -0.000000240. The van der Waals surface area contributed by atoms with Gasteiger partial charge in [-0.05, 0) is 0 Å². The molecule has 6 nitrogen and oxygen atoms in total. The zero-order valence-corrected chi connectivity index (χ0v) is 29.8. The van der Waals surface area contributed by atoms with Crippen molar-refractivity contribution in [2.24, 2.45) is 32.5 Å². The third-order valence-electron chi connectivity index (χ3n) is 5.74. The SMILES string of the molecule is [CH2-]C(C)(C)C(=O)CC(=O)C(C)(C)C.[CH2-]C(C)(C)C(=O)CC(=O)C(C)(C)C.[CH2-]C(C)(C)C(=O)CC(=O)C(C)(C)C.[Ti+3]. The molecule has 1 radical (unpaired) electrons. The Morgan fingerprint density at radius 1 is 0.350 bits per heavy atom. The fourth-order valence-corrected chi connectivity index (χ4v) is 1.95. The minimum Gasteiger partial charge on any atom is -0.331 e. The van der Waals surface area contributed by atoms with Crippen LogP contribution < -0.4 is 0 Å². The number of hydrogen-bond donors (Lipinski definition) is 0. The summed E-state index contributed by atoms with van der Waals surface area (Å²) in [6, 6.07) is 0. The van der Waals surface area contributed by atoms with Gasteiger partial charge in [0.15, 0.2) is 0 Å². The number of rotatable bonds is 9. The van der Waals surface area contributed by atoms with Crippen molar-refractivity contribution >= 4 is 34.7 Å². The van der Waals surface area contributed by atoms with Crippen LogP contribution in [0.2, 0.25) is 0 Å². The average molecular weight is 598 g/mol. The van der Waals surface area contributed by atoms with E-state index >= 15 is 0 Å². The van der Waals surface area contributed by atoms with Gasteiger partial charge in [-0.15, -0.1) is 16.2 Å². The van der Waals surface area contributed by atoms with Gasteiger partial charge in [-0.25, -0.2) is 0 Å². The van der Waals surface area contributed by atoms with Crippen LogP contribution in [0.15, 0.2) is 0 Å². The van der Waals surface area contributed by atoms with Crippen LogP contribution in [0, 0.1) is 53.3 Å². The van der Waals surface area contributed by atoms with Crippen LogP contribution in [-0.4, -0.2) is 34.7 Å². The summed E-state index contributed by atoms with van der Waals surface area (Å²) < 4.78 is 0. The Labute approximate surface area is 260 Å². The standard InChI is InChI=1S/3C11H19O2.Ti/c3*1-10(2,3)8(12)7-9(13)11(4,5)6;/h3*1,7H2,2-6H3;/q3*-1;+3. The molecule has 0 bridgehead atoms. The summed E-state index contributed by atoms with van der Waals surface area (Å²) in [6.07, 6.45) is -0.000000000000000666. The molecule has 0 spiro atoms. The van der Waals surface area contributed by atoms with Gasteiger partial charge in [-0.3, -0.25) is 14.4 Å². The van der Waals surface area contributed by atoms with Gasteiger partial charge < -0.3 is 35.2 Å². The Hall–Kier alpha value is -1.27. The first-order valence-electron chi connectivity index (χ1n) is 13.4. The molecular weight excluding hydrogens is 540 g/mol. The van der Waals surface area contributed by atoms with Gasteiger partial charge in [-0.2, -0.15) is 0 Å². The summed E-state index contributed by atoms with van der Waals surface area (Å²) in [4.78, 5) is 68.7. The van der Waals surface area contributed by atoms with Crippen molar-refractivity contribution in [3.8, 4) is 0 Å². The largest absolute Gasteiger partial charge is 3.00 e. The summed E-state index contributed by atoms with van der Waals surface area (Å²) in [7, 11) is 0. The van der Waals surface area contributed by atoms with Crippen LogP contribution in [-0.2, 0) is 50.5 Å². The predicted octanol–water partition coefficient (Wildman–Crippen LogP) is 7.26. The van der Waals surface area contributed by atoms with Crippen molar-refractivity contribution in [2.45, 2.75) is 123 Å². The summed E-state index contributed by atoms with van der Waals surface area (Å²) >= 11 is 0. The molecule has 0 saturated carbocycles. The van der Waals surface area contributed by atoms with Crippen molar-refractivity contribution < 1.29 is 50.5 Å². The second-order valence-electron chi connectivity index (χ2n) is 15.5. The topological polar surface area (TPSA) is 102 Å². The van der Waals surface area contributed by atoms with Gasteiger partial charge in [0.05, 0.1) is 19.3 Å². The Bertz CT molecular complexity index is 693. The number of ketones is 6. The van der Waals surface area contributed by atoms with Crippen LogP contribution in [0.5, 0.6) is 0 Å². The molecule has 0 fully saturated rings. The molecule has 40 heavy (non-hydrogen) atoms. The molecule has 0 aliphatic carbocycles. The zero-order chi connectivity index (χ0) is 32.6. The minimum absolute atomic E-state index is 0. The molecule has 0 unspecified atom stereocenters. The third kappa shape index (κ3) is 21.5. The van der Waals surface area contributed by atoms with Crippen molar-refractivity contribution in [1.29, 1.82) is 0 Å². The van der Waals surface area contributed by atoms with Gasteiger partial charge in [0.25, 0.3) is 0 Å². The van der Waals surface area contributed by atoms with E-state index in [2.05, 4.69) is 20.8 Å². The van der Waals surface area contributed by atoms with Crippen molar-refractivity contribution in [3.63, 3.8) is 0 Å². The summed E-state index contributed by atoms with van der Waals surface area (Å²) in [5.74, 6) is -0.329. The molecule has 0 heterocycles. The minimum atomic E-state index is -0.652. The predicted molar refractivity (Wildman–Crippen MR) is 160 cm³/mol. The smallest absolute Gasteiger partial charge is 0.331 e. The quantitative estimate of drug-likeness (QED) is 0.157. The fourth-order valence-electron chi connectivity index (χ4n) is 1.95. The first kappa shape index (κ1) is 45.7. The molecule has 0 atom stereocenters. The van der Waals surface area contributed by atoms with E-state index in [9.17, 15) is 28.8 Å². The molecule has 0 amide bonds. The molecule has 0 aliphatic rings. The Morgan fingerprint density at radius 3 is 0.550 bits per heavy atom. The summed E-state index contributed by atoms with van der Waals surface area (Å²) in [5, 5.41) is 0. The molecule has 0 aromatic rings. The number of Topliss-reactive ketones (excluding diaryl/α,β-unsaturated/α-hetero) is 6. The van der Waals surface area contributed by atoms with Gasteiger partial charge in [0, 0.05) is 16.2 Å². The normalized spacial score (nSPS) is 12.4. The Morgan fingerprint density at radius 2 is 0.475 bits per heavy atom. The van der Waals surface area contributed by atoms with Gasteiger partial charge >= 0.3 is 21.7 Å². The maximum absolute atomic E-state index is 11.5. The van der Waals surface area contributed by atoms with E-state index in [-0.39, 0.29) is 75.7 Å². The first-order valence-corrected chi connectivity index (χ1v) is 13.4. The van der Waals surface area contributed by atoms with Crippen molar-refractivity contribution in [3.05, 3.63) is 20.8 Å².